The lowest BCUT2D eigenvalue weighted by Gasteiger charge is -2.02. The minimum atomic E-state index is -0.0904. The number of nitrogens with two attached hydrogens (primary N) is 1. The SMILES string of the molecule is CCNc1nc(C)c(C(=O)NCCc2csc(N)n2)s1. The summed E-state index contributed by atoms with van der Waals surface area (Å²) in [4.78, 5) is 21.2. The Labute approximate surface area is 125 Å². The van der Waals surface area contributed by atoms with Crippen LogP contribution in [0.5, 0.6) is 0 Å². The molecule has 0 atom stereocenters. The van der Waals surface area contributed by atoms with Crippen LogP contribution >= 0.6 is 22.7 Å². The zero-order valence-electron chi connectivity index (χ0n) is 11.4. The summed E-state index contributed by atoms with van der Waals surface area (Å²) in [6.45, 7) is 5.17. The van der Waals surface area contributed by atoms with Crippen molar-refractivity contribution in [2.24, 2.45) is 0 Å². The standard InChI is InChI=1S/C12H17N5OS2/c1-3-14-12-16-7(2)9(20-12)10(18)15-5-4-8-6-19-11(13)17-8/h6H,3-5H2,1-2H3,(H2,13,17)(H,14,16)(H,15,18). The number of carbonyl (C=O) groups excluding carboxylic acids is 1. The van der Waals surface area contributed by atoms with E-state index in [-0.39, 0.29) is 5.91 Å². The van der Waals surface area contributed by atoms with Crippen LogP contribution < -0.4 is 16.4 Å². The molecule has 0 fully saturated rings. The van der Waals surface area contributed by atoms with Gasteiger partial charge in [0.2, 0.25) is 0 Å². The first-order valence-electron chi connectivity index (χ1n) is 6.29. The number of carbonyl (C=O) groups is 1. The van der Waals surface area contributed by atoms with Gasteiger partial charge in [-0.2, -0.15) is 0 Å². The molecule has 2 rings (SSSR count). The molecule has 20 heavy (non-hydrogen) atoms. The Bertz CT molecular complexity index is 592. The van der Waals surface area contributed by atoms with Gasteiger partial charge < -0.3 is 16.4 Å². The van der Waals surface area contributed by atoms with Gasteiger partial charge >= 0.3 is 0 Å². The molecule has 0 aliphatic heterocycles. The molecule has 0 saturated carbocycles. The third-order valence-corrected chi connectivity index (χ3v) is 4.40. The molecule has 0 aliphatic rings. The van der Waals surface area contributed by atoms with Gasteiger partial charge in [0.15, 0.2) is 10.3 Å². The van der Waals surface area contributed by atoms with E-state index in [1.54, 1.807) is 0 Å². The summed E-state index contributed by atoms with van der Waals surface area (Å²) in [7, 11) is 0. The molecule has 6 nitrogen and oxygen atoms in total. The van der Waals surface area contributed by atoms with Crippen LogP contribution in [-0.2, 0) is 6.42 Å². The van der Waals surface area contributed by atoms with Crippen LogP contribution in [0.3, 0.4) is 0 Å². The van der Waals surface area contributed by atoms with E-state index < -0.39 is 0 Å². The Hall–Kier alpha value is -1.67. The smallest absolute Gasteiger partial charge is 0.263 e. The predicted molar refractivity (Wildman–Crippen MR) is 83.6 cm³/mol. The average molecular weight is 311 g/mol. The molecule has 0 aliphatic carbocycles. The molecule has 2 aromatic rings. The monoisotopic (exact) mass is 311 g/mol. The average Bonchev–Trinajstić information content (AvgIpc) is 2.96. The van der Waals surface area contributed by atoms with Crippen LogP contribution in [0.4, 0.5) is 10.3 Å². The van der Waals surface area contributed by atoms with Gasteiger partial charge in [0, 0.05) is 24.9 Å². The number of aromatic nitrogens is 2. The third kappa shape index (κ3) is 3.67. The number of anilines is 2. The number of thiazole rings is 2. The summed E-state index contributed by atoms with van der Waals surface area (Å²) in [6, 6.07) is 0. The Morgan fingerprint density at radius 1 is 1.45 bits per heavy atom. The highest BCUT2D eigenvalue weighted by Crippen LogP contribution is 2.22. The molecule has 108 valence electrons. The van der Waals surface area contributed by atoms with E-state index >= 15 is 0 Å². The predicted octanol–water partition coefficient (Wildman–Crippen LogP) is 1.89. The molecule has 2 aromatic heterocycles. The number of nitrogen functional groups attached to an aromatic ring is 1. The number of hydrogen-bond donors (Lipinski definition) is 3. The lowest BCUT2D eigenvalue weighted by Crippen LogP contribution is -2.25. The summed E-state index contributed by atoms with van der Waals surface area (Å²) < 4.78 is 0. The molecule has 0 bridgehead atoms. The second kappa shape index (κ2) is 6.67. The first-order chi connectivity index (χ1) is 9.60. The van der Waals surface area contributed by atoms with Crippen molar-refractivity contribution in [1.82, 2.24) is 15.3 Å². The van der Waals surface area contributed by atoms with Crippen molar-refractivity contribution in [1.29, 1.82) is 0 Å². The summed E-state index contributed by atoms with van der Waals surface area (Å²) in [5.41, 5.74) is 7.21. The van der Waals surface area contributed by atoms with Crippen molar-refractivity contribution in [3.05, 3.63) is 21.6 Å². The number of hydrogen-bond acceptors (Lipinski definition) is 7. The van der Waals surface area contributed by atoms with Crippen molar-refractivity contribution >= 4 is 38.8 Å². The first kappa shape index (κ1) is 14.7. The van der Waals surface area contributed by atoms with Gasteiger partial charge in [-0.05, 0) is 13.8 Å². The summed E-state index contributed by atoms with van der Waals surface area (Å²) >= 11 is 2.78. The lowest BCUT2D eigenvalue weighted by molar-refractivity contribution is 0.0957. The van der Waals surface area contributed by atoms with E-state index in [2.05, 4.69) is 20.6 Å². The van der Waals surface area contributed by atoms with Crippen molar-refractivity contribution in [3.63, 3.8) is 0 Å². The molecule has 1 amide bonds. The Kier molecular flexibility index (Phi) is 4.91. The highest BCUT2D eigenvalue weighted by atomic mass is 32.1. The highest BCUT2D eigenvalue weighted by molar-refractivity contribution is 7.17. The Morgan fingerprint density at radius 2 is 2.25 bits per heavy atom. The minimum Gasteiger partial charge on any atom is -0.375 e. The second-order valence-corrected chi connectivity index (χ2v) is 6.04. The van der Waals surface area contributed by atoms with E-state index in [1.165, 1.54) is 22.7 Å². The van der Waals surface area contributed by atoms with E-state index in [4.69, 9.17) is 5.73 Å². The van der Waals surface area contributed by atoms with Crippen LogP contribution in [0.1, 0.15) is 28.0 Å². The molecule has 2 heterocycles. The fraction of sp³-hybridized carbons (Fsp3) is 0.417. The highest BCUT2D eigenvalue weighted by Gasteiger charge is 2.14. The molecule has 0 aromatic carbocycles. The maximum atomic E-state index is 12.1. The zero-order valence-corrected chi connectivity index (χ0v) is 13.0. The van der Waals surface area contributed by atoms with Gasteiger partial charge in [-0.15, -0.1) is 11.3 Å². The quantitative estimate of drug-likeness (QED) is 0.757. The molecule has 0 spiro atoms. The van der Waals surface area contributed by atoms with Crippen molar-refractivity contribution in [2.75, 3.05) is 24.1 Å². The van der Waals surface area contributed by atoms with Gasteiger partial charge in [0.25, 0.3) is 5.91 Å². The normalized spacial score (nSPS) is 10.5. The number of amides is 1. The fourth-order valence-electron chi connectivity index (χ4n) is 1.66. The van der Waals surface area contributed by atoms with Gasteiger partial charge in [-0.1, -0.05) is 11.3 Å². The number of aryl methyl sites for hydroxylation is 1. The van der Waals surface area contributed by atoms with Crippen molar-refractivity contribution < 1.29 is 4.79 Å². The minimum absolute atomic E-state index is 0.0904. The third-order valence-electron chi connectivity index (χ3n) is 2.57. The van der Waals surface area contributed by atoms with Crippen LogP contribution in [-0.4, -0.2) is 29.0 Å². The van der Waals surface area contributed by atoms with E-state index in [1.807, 2.05) is 19.2 Å². The van der Waals surface area contributed by atoms with Crippen molar-refractivity contribution in [2.45, 2.75) is 20.3 Å². The van der Waals surface area contributed by atoms with Gasteiger partial charge in [0.1, 0.15) is 4.88 Å². The lowest BCUT2D eigenvalue weighted by atomic mass is 10.3. The molecule has 4 N–H and O–H groups in total. The maximum Gasteiger partial charge on any atom is 0.263 e. The molecule has 0 unspecified atom stereocenters. The Balaban J connectivity index is 1.88. The summed E-state index contributed by atoms with van der Waals surface area (Å²) in [5.74, 6) is -0.0904. The molecular weight excluding hydrogens is 294 g/mol. The van der Waals surface area contributed by atoms with Crippen LogP contribution in [0.15, 0.2) is 5.38 Å². The number of nitrogens with zero attached hydrogens (tertiary/aromatic N) is 2. The Morgan fingerprint density at radius 3 is 2.90 bits per heavy atom. The molecular formula is C12H17N5OS2. The molecule has 0 saturated heterocycles. The van der Waals surface area contributed by atoms with Gasteiger partial charge in [0.05, 0.1) is 11.4 Å². The molecule has 0 radical (unpaired) electrons. The van der Waals surface area contributed by atoms with Gasteiger partial charge in [-0.25, -0.2) is 9.97 Å². The number of nitrogens with one attached hydrogen (secondary N) is 2. The zero-order chi connectivity index (χ0) is 14.5. The van der Waals surface area contributed by atoms with Crippen LogP contribution in [0.25, 0.3) is 0 Å². The fourth-order valence-corrected chi connectivity index (χ4v) is 3.20. The number of rotatable bonds is 6. The first-order valence-corrected chi connectivity index (χ1v) is 7.99. The summed E-state index contributed by atoms with van der Waals surface area (Å²) in [5, 5.41) is 9.23. The van der Waals surface area contributed by atoms with E-state index in [0.717, 1.165) is 23.1 Å². The second-order valence-electron chi connectivity index (χ2n) is 4.15. The summed E-state index contributed by atoms with van der Waals surface area (Å²) in [6.07, 6.45) is 0.678. The van der Waals surface area contributed by atoms with Gasteiger partial charge in [-0.3, -0.25) is 4.79 Å². The van der Waals surface area contributed by atoms with Crippen molar-refractivity contribution in [3.8, 4) is 0 Å². The van der Waals surface area contributed by atoms with Crippen LogP contribution in [0, 0.1) is 6.92 Å². The van der Waals surface area contributed by atoms with E-state index in [0.29, 0.717) is 23.0 Å². The maximum absolute atomic E-state index is 12.1. The van der Waals surface area contributed by atoms with E-state index in [9.17, 15) is 4.79 Å². The van der Waals surface area contributed by atoms with Crippen LogP contribution in [0.2, 0.25) is 0 Å². The molecule has 8 heteroatoms. The largest absolute Gasteiger partial charge is 0.375 e. The topological polar surface area (TPSA) is 92.9 Å².